The molecule has 2 N–H and O–H groups in total. The fourth-order valence-electron chi connectivity index (χ4n) is 3.84. The molecule has 11 heteroatoms. The van der Waals surface area contributed by atoms with Gasteiger partial charge in [0.25, 0.3) is 11.9 Å². The van der Waals surface area contributed by atoms with Crippen LogP contribution in [0.25, 0.3) is 22.1 Å². The number of aromatic amines is 1. The first-order valence-electron chi connectivity index (χ1n) is 10.1. The van der Waals surface area contributed by atoms with Crippen molar-refractivity contribution in [1.29, 1.82) is 0 Å². The van der Waals surface area contributed by atoms with Gasteiger partial charge in [-0.3, -0.25) is 10.1 Å². The largest absolute Gasteiger partial charge is 0.496 e. The number of fused-ring (bicyclic) bond motifs is 3. The normalized spacial score (nSPS) is 14.8. The third-order valence-electron chi connectivity index (χ3n) is 5.47. The van der Waals surface area contributed by atoms with Gasteiger partial charge in [-0.1, -0.05) is 12.1 Å². The Hall–Kier alpha value is -3.57. The molecule has 32 heavy (non-hydrogen) atoms. The highest BCUT2D eigenvalue weighted by Gasteiger charge is 2.27. The molecule has 0 aliphatic carbocycles. The number of aromatic nitrogens is 4. The molecule has 164 valence electrons. The zero-order valence-electron chi connectivity index (χ0n) is 17.2. The number of amides is 1. The SMILES string of the molecule is COc1ccccc1C(=O)Nc1nnc2c(n1)[nH]c1ccc(S(=O)(=O)N3CCCC3)cc12. The minimum absolute atomic E-state index is 0.0184. The van der Waals surface area contributed by atoms with Gasteiger partial charge in [0.1, 0.15) is 11.3 Å². The Morgan fingerprint density at radius 1 is 1.12 bits per heavy atom. The van der Waals surface area contributed by atoms with E-state index in [2.05, 4.69) is 25.5 Å². The smallest absolute Gasteiger partial charge is 0.261 e. The molecule has 1 aliphatic heterocycles. The lowest BCUT2D eigenvalue weighted by atomic mass is 10.2. The molecule has 4 aromatic rings. The number of carbonyl (C=O) groups excluding carboxylic acids is 1. The zero-order chi connectivity index (χ0) is 22.3. The van der Waals surface area contributed by atoms with Crippen LogP contribution in [0.5, 0.6) is 5.75 Å². The van der Waals surface area contributed by atoms with Crippen molar-refractivity contribution < 1.29 is 17.9 Å². The van der Waals surface area contributed by atoms with Crippen LogP contribution in [0, 0.1) is 0 Å². The molecule has 3 heterocycles. The molecule has 0 spiro atoms. The van der Waals surface area contributed by atoms with Crippen LogP contribution in [0.15, 0.2) is 47.4 Å². The molecule has 1 aliphatic rings. The van der Waals surface area contributed by atoms with Crippen LogP contribution in [-0.4, -0.2) is 59.0 Å². The van der Waals surface area contributed by atoms with Crippen molar-refractivity contribution in [3.05, 3.63) is 48.0 Å². The molecule has 1 saturated heterocycles. The van der Waals surface area contributed by atoms with Gasteiger partial charge in [0.15, 0.2) is 5.65 Å². The Labute approximate surface area is 183 Å². The Bertz CT molecular complexity index is 1440. The number of hydrogen-bond acceptors (Lipinski definition) is 7. The first-order valence-corrected chi connectivity index (χ1v) is 11.5. The van der Waals surface area contributed by atoms with E-state index in [0.29, 0.717) is 46.5 Å². The lowest BCUT2D eigenvalue weighted by Gasteiger charge is -2.15. The van der Waals surface area contributed by atoms with Gasteiger partial charge in [-0.05, 0) is 43.2 Å². The van der Waals surface area contributed by atoms with Crippen LogP contribution >= 0.6 is 0 Å². The minimum Gasteiger partial charge on any atom is -0.496 e. The molecule has 1 fully saturated rings. The van der Waals surface area contributed by atoms with Crippen molar-refractivity contribution in [1.82, 2.24) is 24.5 Å². The van der Waals surface area contributed by atoms with Gasteiger partial charge in [0.05, 0.1) is 17.6 Å². The van der Waals surface area contributed by atoms with E-state index in [1.165, 1.54) is 11.4 Å². The number of nitrogens with one attached hydrogen (secondary N) is 2. The maximum atomic E-state index is 12.9. The standard InChI is InChI=1S/C21H20N6O4S/c1-31-17-7-3-2-6-14(17)20(28)24-21-23-19-18(25-26-21)15-12-13(8-9-16(15)22-19)32(29,30)27-10-4-5-11-27/h2-3,6-9,12H,4-5,10-11H2,1H3,(H2,22,23,24,26,28). The van der Waals surface area contributed by atoms with E-state index in [4.69, 9.17) is 4.74 Å². The summed E-state index contributed by atoms with van der Waals surface area (Å²) in [6, 6.07) is 11.7. The number of benzene rings is 2. The molecule has 2 aromatic heterocycles. The van der Waals surface area contributed by atoms with Gasteiger partial charge >= 0.3 is 0 Å². The Morgan fingerprint density at radius 2 is 1.91 bits per heavy atom. The monoisotopic (exact) mass is 452 g/mol. The van der Waals surface area contributed by atoms with Gasteiger partial charge in [-0.25, -0.2) is 8.42 Å². The third kappa shape index (κ3) is 3.45. The molecule has 0 saturated carbocycles. The van der Waals surface area contributed by atoms with Crippen molar-refractivity contribution in [2.75, 3.05) is 25.5 Å². The molecule has 1 amide bonds. The number of rotatable bonds is 5. The molecule has 0 radical (unpaired) electrons. The summed E-state index contributed by atoms with van der Waals surface area (Å²) in [5.74, 6) is 0.0139. The predicted octanol–water partition coefficient (Wildman–Crippen LogP) is 2.55. The Balaban J connectivity index is 1.48. The van der Waals surface area contributed by atoms with E-state index in [9.17, 15) is 13.2 Å². The number of methoxy groups -OCH3 is 1. The highest BCUT2D eigenvalue weighted by Crippen LogP contribution is 2.28. The summed E-state index contributed by atoms with van der Waals surface area (Å²) in [5, 5.41) is 11.4. The Morgan fingerprint density at radius 3 is 2.69 bits per heavy atom. The second kappa shape index (κ2) is 7.84. The fraction of sp³-hybridized carbons (Fsp3) is 0.238. The van der Waals surface area contributed by atoms with Crippen LogP contribution in [0.4, 0.5) is 5.95 Å². The Kier molecular flexibility index (Phi) is 4.98. The van der Waals surface area contributed by atoms with Gasteiger partial charge < -0.3 is 9.72 Å². The molecular formula is C21H20N6O4S. The maximum absolute atomic E-state index is 12.9. The van der Waals surface area contributed by atoms with E-state index < -0.39 is 15.9 Å². The summed E-state index contributed by atoms with van der Waals surface area (Å²) in [5.41, 5.74) is 1.83. The number of ether oxygens (including phenoxy) is 1. The molecule has 10 nitrogen and oxygen atoms in total. The van der Waals surface area contributed by atoms with Crippen LogP contribution < -0.4 is 10.1 Å². The lowest BCUT2D eigenvalue weighted by Crippen LogP contribution is -2.27. The average Bonchev–Trinajstić information content (AvgIpc) is 3.47. The average molecular weight is 452 g/mol. The van der Waals surface area contributed by atoms with Gasteiger partial charge in [0.2, 0.25) is 10.0 Å². The fourth-order valence-corrected chi connectivity index (χ4v) is 5.39. The number of carbonyl (C=O) groups is 1. The van der Waals surface area contributed by atoms with E-state index >= 15 is 0 Å². The molecule has 0 unspecified atom stereocenters. The minimum atomic E-state index is -3.56. The van der Waals surface area contributed by atoms with Crippen LogP contribution in [0.2, 0.25) is 0 Å². The lowest BCUT2D eigenvalue weighted by molar-refractivity contribution is 0.102. The summed E-state index contributed by atoms with van der Waals surface area (Å²) in [7, 11) is -2.07. The van der Waals surface area contributed by atoms with Crippen molar-refractivity contribution in [3.8, 4) is 5.75 Å². The maximum Gasteiger partial charge on any atom is 0.261 e. The highest BCUT2D eigenvalue weighted by molar-refractivity contribution is 7.89. The van der Waals surface area contributed by atoms with E-state index in [1.54, 1.807) is 42.5 Å². The molecular weight excluding hydrogens is 432 g/mol. The molecule has 0 bridgehead atoms. The van der Waals surface area contributed by atoms with Gasteiger partial charge in [-0.15, -0.1) is 10.2 Å². The zero-order valence-corrected chi connectivity index (χ0v) is 18.0. The molecule has 2 aromatic carbocycles. The summed E-state index contributed by atoms with van der Waals surface area (Å²) >= 11 is 0. The number of hydrogen-bond donors (Lipinski definition) is 2. The van der Waals surface area contributed by atoms with Gasteiger partial charge in [0, 0.05) is 24.0 Å². The van der Waals surface area contributed by atoms with Crippen molar-refractivity contribution in [2.45, 2.75) is 17.7 Å². The number of H-pyrrole nitrogens is 1. The summed E-state index contributed by atoms with van der Waals surface area (Å²) in [4.78, 5) is 20.3. The van der Waals surface area contributed by atoms with Crippen molar-refractivity contribution >= 4 is 43.9 Å². The van der Waals surface area contributed by atoms with Crippen LogP contribution in [0.3, 0.4) is 0 Å². The second-order valence-electron chi connectivity index (χ2n) is 7.43. The topological polar surface area (TPSA) is 130 Å². The quantitative estimate of drug-likeness (QED) is 0.476. The van der Waals surface area contributed by atoms with Crippen LogP contribution in [-0.2, 0) is 10.0 Å². The first-order chi connectivity index (χ1) is 15.5. The highest BCUT2D eigenvalue weighted by atomic mass is 32.2. The third-order valence-corrected chi connectivity index (χ3v) is 7.36. The van der Waals surface area contributed by atoms with E-state index in [-0.39, 0.29) is 10.8 Å². The summed E-state index contributed by atoms with van der Waals surface area (Å²) in [6.07, 6.45) is 1.74. The second-order valence-corrected chi connectivity index (χ2v) is 9.37. The van der Waals surface area contributed by atoms with Gasteiger partial charge in [-0.2, -0.15) is 9.29 Å². The molecule has 0 atom stereocenters. The van der Waals surface area contributed by atoms with E-state index in [1.807, 2.05) is 0 Å². The van der Waals surface area contributed by atoms with Crippen LogP contribution in [0.1, 0.15) is 23.2 Å². The predicted molar refractivity (Wildman–Crippen MR) is 118 cm³/mol. The number of anilines is 1. The van der Waals surface area contributed by atoms with Crippen molar-refractivity contribution in [3.63, 3.8) is 0 Å². The number of nitrogens with zero attached hydrogens (tertiary/aromatic N) is 4. The first kappa shape index (κ1) is 20.3. The summed E-state index contributed by atoms with van der Waals surface area (Å²) in [6.45, 7) is 1.07. The summed E-state index contributed by atoms with van der Waals surface area (Å²) < 4.78 is 32.5. The number of para-hydroxylation sites is 1. The number of sulfonamides is 1. The molecule has 5 rings (SSSR count). The van der Waals surface area contributed by atoms with Crippen molar-refractivity contribution in [2.24, 2.45) is 0 Å². The van der Waals surface area contributed by atoms with E-state index in [0.717, 1.165) is 12.8 Å².